The summed E-state index contributed by atoms with van der Waals surface area (Å²) in [6.45, 7) is 1.29. The van der Waals surface area contributed by atoms with E-state index in [0.717, 1.165) is 17.3 Å². The normalized spacial score (nSPS) is 18.7. The van der Waals surface area contributed by atoms with Crippen LogP contribution < -0.4 is 4.74 Å². The zero-order valence-electron chi connectivity index (χ0n) is 9.67. The van der Waals surface area contributed by atoms with Gasteiger partial charge in [-0.15, -0.1) is 0 Å². The van der Waals surface area contributed by atoms with Gasteiger partial charge in [-0.25, -0.2) is 9.97 Å². The lowest BCUT2D eigenvalue weighted by molar-refractivity contribution is 0.141. The van der Waals surface area contributed by atoms with Crippen molar-refractivity contribution in [2.45, 2.75) is 12.5 Å². The highest BCUT2D eigenvalue weighted by molar-refractivity contribution is 5.81. The summed E-state index contributed by atoms with van der Waals surface area (Å²) in [7, 11) is 0. The summed E-state index contributed by atoms with van der Waals surface area (Å²) in [6.07, 6.45) is 4.06. The Morgan fingerprint density at radius 1 is 1.44 bits per heavy atom. The average molecular weight is 241 g/mol. The monoisotopic (exact) mass is 241 g/mol. The molecule has 0 radical (unpaired) electrons. The summed E-state index contributed by atoms with van der Waals surface area (Å²) in [5.41, 5.74) is 1.24. The van der Waals surface area contributed by atoms with Crippen LogP contribution in [0, 0.1) is 11.3 Å². The van der Waals surface area contributed by atoms with Gasteiger partial charge in [0.25, 0.3) is 0 Å². The number of hydrogen-bond donors (Lipinski definition) is 0. The van der Waals surface area contributed by atoms with Gasteiger partial charge in [-0.05, 0) is 12.1 Å². The van der Waals surface area contributed by atoms with E-state index in [4.69, 9.17) is 14.7 Å². The fourth-order valence-electron chi connectivity index (χ4n) is 1.98. The van der Waals surface area contributed by atoms with E-state index in [1.54, 1.807) is 12.3 Å². The lowest BCUT2D eigenvalue weighted by Gasteiger charge is -2.13. The molecule has 1 aromatic heterocycles. The molecule has 1 fully saturated rings. The van der Waals surface area contributed by atoms with Crippen molar-refractivity contribution in [3.8, 4) is 11.8 Å². The molecule has 18 heavy (non-hydrogen) atoms. The highest BCUT2D eigenvalue weighted by Gasteiger charge is 2.19. The Hall–Kier alpha value is -2.19. The molecular formula is C13H11N3O2. The van der Waals surface area contributed by atoms with Crippen LogP contribution in [-0.2, 0) is 4.74 Å². The Morgan fingerprint density at radius 3 is 3.17 bits per heavy atom. The van der Waals surface area contributed by atoms with Crippen LogP contribution in [-0.4, -0.2) is 29.3 Å². The van der Waals surface area contributed by atoms with Crippen LogP contribution in [0.1, 0.15) is 12.0 Å². The number of rotatable bonds is 2. The maximum atomic E-state index is 9.15. The van der Waals surface area contributed by atoms with E-state index in [1.165, 1.54) is 6.33 Å². The number of nitrogens with zero attached hydrogens (tertiary/aromatic N) is 3. The molecule has 3 rings (SSSR count). The molecule has 90 valence electrons. The van der Waals surface area contributed by atoms with Crippen LogP contribution in [0.15, 0.2) is 24.7 Å². The van der Waals surface area contributed by atoms with Gasteiger partial charge < -0.3 is 9.47 Å². The summed E-state index contributed by atoms with van der Waals surface area (Å²) < 4.78 is 11.1. The van der Waals surface area contributed by atoms with Crippen LogP contribution in [0.25, 0.3) is 10.9 Å². The third kappa shape index (κ3) is 1.98. The molecule has 2 aromatic rings. The maximum absolute atomic E-state index is 9.15. The van der Waals surface area contributed by atoms with Crippen molar-refractivity contribution in [1.29, 1.82) is 5.26 Å². The molecule has 5 heteroatoms. The summed E-state index contributed by atoms with van der Waals surface area (Å²) in [5.74, 6) is 0.579. The van der Waals surface area contributed by atoms with E-state index in [9.17, 15) is 0 Å². The second kappa shape index (κ2) is 4.59. The fourth-order valence-corrected chi connectivity index (χ4v) is 1.98. The van der Waals surface area contributed by atoms with Crippen molar-refractivity contribution in [3.63, 3.8) is 0 Å². The van der Waals surface area contributed by atoms with Crippen molar-refractivity contribution in [2.24, 2.45) is 0 Å². The lowest BCUT2D eigenvalue weighted by Crippen LogP contribution is -2.16. The van der Waals surface area contributed by atoms with Crippen LogP contribution in [0.4, 0.5) is 0 Å². The topological polar surface area (TPSA) is 68.0 Å². The first kappa shape index (κ1) is 10.9. The molecule has 0 amide bonds. The zero-order valence-corrected chi connectivity index (χ0v) is 9.67. The summed E-state index contributed by atoms with van der Waals surface area (Å²) in [4.78, 5) is 8.09. The molecule has 0 N–H and O–H groups in total. The Bertz CT molecular complexity index is 615. The quantitative estimate of drug-likeness (QED) is 0.800. The first-order valence-corrected chi connectivity index (χ1v) is 5.75. The smallest absolute Gasteiger partial charge is 0.138 e. The average Bonchev–Trinajstić information content (AvgIpc) is 2.91. The van der Waals surface area contributed by atoms with Crippen molar-refractivity contribution < 1.29 is 9.47 Å². The number of aromatic nitrogens is 2. The number of benzene rings is 1. The highest BCUT2D eigenvalue weighted by Crippen LogP contribution is 2.26. The van der Waals surface area contributed by atoms with Crippen LogP contribution in [0.2, 0.25) is 0 Å². The van der Waals surface area contributed by atoms with Gasteiger partial charge in [0.05, 0.1) is 24.3 Å². The molecular weight excluding hydrogens is 230 g/mol. The lowest BCUT2D eigenvalue weighted by atomic mass is 10.1. The van der Waals surface area contributed by atoms with Gasteiger partial charge in [0.1, 0.15) is 24.3 Å². The van der Waals surface area contributed by atoms with Gasteiger partial charge in [-0.1, -0.05) is 0 Å². The van der Waals surface area contributed by atoms with Gasteiger partial charge in [0, 0.05) is 18.0 Å². The molecule has 1 aromatic carbocycles. The molecule has 1 aliphatic rings. The van der Waals surface area contributed by atoms with Crippen LogP contribution in [0.5, 0.6) is 5.75 Å². The highest BCUT2D eigenvalue weighted by atomic mass is 16.5. The minimum absolute atomic E-state index is 0.0270. The SMILES string of the molecule is N#Cc1cc2ncncc2cc1O[C@H]1CCOC1. The molecule has 0 spiro atoms. The van der Waals surface area contributed by atoms with Gasteiger partial charge in [0.15, 0.2) is 0 Å². The number of fused-ring (bicyclic) bond motifs is 1. The summed E-state index contributed by atoms with van der Waals surface area (Å²) >= 11 is 0. The molecule has 0 aliphatic carbocycles. The van der Waals surface area contributed by atoms with Crippen molar-refractivity contribution in [2.75, 3.05) is 13.2 Å². The number of hydrogen-bond acceptors (Lipinski definition) is 5. The van der Waals surface area contributed by atoms with Crippen molar-refractivity contribution in [3.05, 3.63) is 30.2 Å². The van der Waals surface area contributed by atoms with E-state index >= 15 is 0 Å². The molecule has 5 nitrogen and oxygen atoms in total. The molecule has 0 unspecified atom stereocenters. The second-order valence-electron chi connectivity index (χ2n) is 4.15. The molecule has 2 heterocycles. The maximum Gasteiger partial charge on any atom is 0.138 e. The predicted octanol–water partition coefficient (Wildman–Crippen LogP) is 1.67. The minimum Gasteiger partial charge on any atom is -0.487 e. The van der Waals surface area contributed by atoms with E-state index in [0.29, 0.717) is 24.5 Å². The number of nitriles is 1. The molecule has 0 saturated carbocycles. The van der Waals surface area contributed by atoms with Crippen molar-refractivity contribution >= 4 is 10.9 Å². The van der Waals surface area contributed by atoms with Crippen molar-refractivity contribution in [1.82, 2.24) is 9.97 Å². The first-order valence-electron chi connectivity index (χ1n) is 5.75. The van der Waals surface area contributed by atoms with E-state index < -0.39 is 0 Å². The predicted molar refractivity (Wildman–Crippen MR) is 64.1 cm³/mol. The van der Waals surface area contributed by atoms with E-state index in [1.807, 2.05) is 6.07 Å². The Balaban J connectivity index is 2.01. The Morgan fingerprint density at radius 2 is 2.39 bits per heavy atom. The molecule has 1 aliphatic heterocycles. The van der Waals surface area contributed by atoms with Gasteiger partial charge in [-0.3, -0.25) is 0 Å². The van der Waals surface area contributed by atoms with Gasteiger partial charge in [0.2, 0.25) is 0 Å². The van der Waals surface area contributed by atoms with E-state index in [-0.39, 0.29) is 6.10 Å². The number of ether oxygens (including phenoxy) is 2. The summed E-state index contributed by atoms with van der Waals surface area (Å²) in [6, 6.07) is 5.67. The van der Waals surface area contributed by atoms with E-state index in [2.05, 4.69) is 16.0 Å². The Kier molecular flexibility index (Phi) is 2.79. The standard InChI is InChI=1S/C13H11N3O2/c14-5-9-3-12-10(6-15-8-16-12)4-13(9)18-11-1-2-17-7-11/h3-4,6,8,11H,1-2,7H2/t11-/m0/s1. The molecule has 1 atom stereocenters. The van der Waals surface area contributed by atoms with Gasteiger partial charge in [-0.2, -0.15) is 5.26 Å². The third-order valence-electron chi connectivity index (χ3n) is 2.91. The minimum atomic E-state index is 0.0270. The molecule has 0 bridgehead atoms. The fraction of sp³-hybridized carbons (Fsp3) is 0.308. The van der Waals surface area contributed by atoms with Crippen LogP contribution in [0.3, 0.4) is 0 Å². The second-order valence-corrected chi connectivity index (χ2v) is 4.15. The largest absolute Gasteiger partial charge is 0.487 e. The molecule has 1 saturated heterocycles. The van der Waals surface area contributed by atoms with Crippen LogP contribution >= 0.6 is 0 Å². The Labute approximate surface area is 104 Å². The summed E-state index contributed by atoms with van der Waals surface area (Å²) in [5, 5.41) is 10.0. The first-order chi connectivity index (χ1) is 8.86. The van der Waals surface area contributed by atoms with Gasteiger partial charge >= 0.3 is 0 Å². The zero-order chi connectivity index (χ0) is 12.4. The third-order valence-corrected chi connectivity index (χ3v) is 2.91.